The standard InChI is InChI=1S/C8H14O3/c1-6-3-4-7(5-9)11-8(6)10-2/h3-4,6-9H,5H2,1-2H3/t6-,7+,8+/m0/s1. The topological polar surface area (TPSA) is 38.7 Å². The Morgan fingerprint density at radius 3 is 2.82 bits per heavy atom. The number of aliphatic hydroxyl groups excluding tert-OH is 1. The van der Waals surface area contributed by atoms with Gasteiger partial charge in [0.25, 0.3) is 0 Å². The first-order valence-corrected chi connectivity index (χ1v) is 3.75. The molecule has 1 heterocycles. The van der Waals surface area contributed by atoms with Crippen LogP contribution in [0.25, 0.3) is 0 Å². The van der Waals surface area contributed by atoms with E-state index >= 15 is 0 Å². The van der Waals surface area contributed by atoms with Crippen molar-refractivity contribution in [2.24, 2.45) is 5.92 Å². The van der Waals surface area contributed by atoms with Gasteiger partial charge in [0.2, 0.25) is 0 Å². The summed E-state index contributed by atoms with van der Waals surface area (Å²) in [5, 5.41) is 8.76. The lowest BCUT2D eigenvalue weighted by Gasteiger charge is -2.28. The number of hydrogen-bond donors (Lipinski definition) is 1. The molecule has 64 valence electrons. The molecular weight excluding hydrogens is 144 g/mol. The second kappa shape index (κ2) is 3.85. The summed E-state index contributed by atoms with van der Waals surface area (Å²) in [6, 6.07) is 0. The number of ether oxygens (including phenoxy) is 2. The SMILES string of the molecule is CO[C@@H]1O[C@@H](CO)C=C[C@@H]1C. The zero-order valence-electron chi connectivity index (χ0n) is 6.86. The minimum Gasteiger partial charge on any atom is -0.393 e. The molecule has 1 rings (SSSR count). The van der Waals surface area contributed by atoms with Gasteiger partial charge in [-0.1, -0.05) is 19.1 Å². The van der Waals surface area contributed by atoms with Gasteiger partial charge in [0.1, 0.15) is 6.10 Å². The van der Waals surface area contributed by atoms with Crippen LogP contribution in [0, 0.1) is 5.92 Å². The third-order valence-electron chi connectivity index (χ3n) is 1.78. The maximum absolute atomic E-state index is 8.76. The van der Waals surface area contributed by atoms with Crippen LogP contribution in [0.2, 0.25) is 0 Å². The first-order valence-electron chi connectivity index (χ1n) is 3.75. The molecule has 3 atom stereocenters. The van der Waals surface area contributed by atoms with Crippen LogP contribution >= 0.6 is 0 Å². The van der Waals surface area contributed by atoms with Crippen LogP contribution in [0.15, 0.2) is 12.2 Å². The van der Waals surface area contributed by atoms with Gasteiger partial charge in [-0.15, -0.1) is 0 Å². The van der Waals surface area contributed by atoms with Gasteiger partial charge in [-0.3, -0.25) is 0 Å². The highest BCUT2D eigenvalue weighted by Gasteiger charge is 2.22. The monoisotopic (exact) mass is 158 g/mol. The number of aliphatic hydroxyl groups is 1. The summed E-state index contributed by atoms with van der Waals surface area (Å²) in [5.41, 5.74) is 0. The molecule has 0 spiro atoms. The fourth-order valence-corrected chi connectivity index (χ4v) is 1.11. The van der Waals surface area contributed by atoms with Crippen LogP contribution in [-0.2, 0) is 9.47 Å². The summed E-state index contributed by atoms with van der Waals surface area (Å²) < 4.78 is 10.4. The molecule has 0 aromatic rings. The number of methoxy groups -OCH3 is 1. The van der Waals surface area contributed by atoms with E-state index in [1.807, 2.05) is 19.1 Å². The molecule has 1 N–H and O–H groups in total. The Balaban J connectivity index is 2.52. The lowest BCUT2D eigenvalue weighted by atomic mass is 10.1. The Morgan fingerprint density at radius 2 is 2.27 bits per heavy atom. The highest BCUT2D eigenvalue weighted by atomic mass is 16.7. The minimum atomic E-state index is -0.211. The Labute approximate surface area is 66.6 Å². The third kappa shape index (κ3) is 2.02. The smallest absolute Gasteiger partial charge is 0.164 e. The van der Waals surface area contributed by atoms with E-state index in [2.05, 4.69) is 0 Å². The summed E-state index contributed by atoms with van der Waals surface area (Å²) in [4.78, 5) is 0. The maximum atomic E-state index is 8.76. The van der Waals surface area contributed by atoms with Crippen molar-refractivity contribution in [3.8, 4) is 0 Å². The fraction of sp³-hybridized carbons (Fsp3) is 0.750. The summed E-state index contributed by atoms with van der Waals surface area (Å²) in [6.45, 7) is 2.03. The van der Waals surface area contributed by atoms with Crippen LogP contribution < -0.4 is 0 Å². The van der Waals surface area contributed by atoms with Crippen molar-refractivity contribution in [2.45, 2.75) is 19.3 Å². The summed E-state index contributed by atoms with van der Waals surface area (Å²) in [6.07, 6.45) is 3.45. The van der Waals surface area contributed by atoms with Crippen molar-refractivity contribution < 1.29 is 14.6 Å². The molecule has 3 nitrogen and oxygen atoms in total. The van der Waals surface area contributed by atoms with Crippen LogP contribution in [0.4, 0.5) is 0 Å². The normalized spacial score (nSPS) is 37.5. The largest absolute Gasteiger partial charge is 0.393 e. The summed E-state index contributed by atoms with van der Waals surface area (Å²) >= 11 is 0. The van der Waals surface area contributed by atoms with Gasteiger partial charge in [0.05, 0.1) is 6.61 Å². The van der Waals surface area contributed by atoms with Crippen molar-refractivity contribution in [3.05, 3.63) is 12.2 Å². The van der Waals surface area contributed by atoms with Gasteiger partial charge in [-0.25, -0.2) is 0 Å². The lowest BCUT2D eigenvalue weighted by Crippen LogP contribution is -2.33. The molecule has 1 aliphatic heterocycles. The highest BCUT2D eigenvalue weighted by molar-refractivity contribution is 4.97. The number of hydrogen-bond acceptors (Lipinski definition) is 3. The predicted octanol–water partition coefficient (Wildman–Crippen LogP) is 0.542. The molecule has 0 radical (unpaired) electrons. The van der Waals surface area contributed by atoms with E-state index in [1.54, 1.807) is 7.11 Å². The molecule has 0 saturated carbocycles. The molecule has 0 aromatic heterocycles. The third-order valence-corrected chi connectivity index (χ3v) is 1.78. The van der Waals surface area contributed by atoms with E-state index in [1.165, 1.54) is 0 Å². The van der Waals surface area contributed by atoms with E-state index < -0.39 is 0 Å². The van der Waals surface area contributed by atoms with Crippen molar-refractivity contribution >= 4 is 0 Å². The average Bonchev–Trinajstić information content (AvgIpc) is 2.05. The van der Waals surface area contributed by atoms with Crippen molar-refractivity contribution in [1.29, 1.82) is 0 Å². The predicted molar refractivity (Wildman–Crippen MR) is 41.1 cm³/mol. The van der Waals surface area contributed by atoms with Crippen LogP contribution in [0.1, 0.15) is 6.92 Å². The minimum absolute atomic E-state index is 0.0169. The first-order chi connectivity index (χ1) is 5.27. The van der Waals surface area contributed by atoms with Crippen molar-refractivity contribution in [3.63, 3.8) is 0 Å². The molecular formula is C8H14O3. The van der Waals surface area contributed by atoms with Gasteiger partial charge in [-0.05, 0) is 0 Å². The van der Waals surface area contributed by atoms with E-state index in [4.69, 9.17) is 14.6 Å². The highest BCUT2D eigenvalue weighted by Crippen LogP contribution is 2.18. The molecule has 0 fully saturated rings. The van der Waals surface area contributed by atoms with E-state index in [0.29, 0.717) is 0 Å². The molecule has 0 saturated heterocycles. The van der Waals surface area contributed by atoms with Crippen LogP contribution in [0.5, 0.6) is 0 Å². The van der Waals surface area contributed by atoms with Gasteiger partial charge in [0, 0.05) is 13.0 Å². The molecule has 0 bridgehead atoms. The second-order valence-electron chi connectivity index (χ2n) is 2.71. The molecule has 0 aliphatic carbocycles. The first kappa shape index (κ1) is 8.71. The molecule has 0 aromatic carbocycles. The maximum Gasteiger partial charge on any atom is 0.164 e. The summed E-state index contributed by atoms with van der Waals surface area (Å²) in [5.74, 6) is 0.266. The second-order valence-corrected chi connectivity index (χ2v) is 2.71. The van der Waals surface area contributed by atoms with Crippen LogP contribution in [0.3, 0.4) is 0 Å². The Bertz CT molecular complexity index is 144. The quantitative estimate of drug-likeness (QED) is 0.596. The molecule has 0 unspecified atom stereocenters. The van der Waals surface area contributed by atoms with Gasteiger partial charge in [-0.2, -0.15) is 0 Å². The van der Waals surface area contributed by atoms with Gasteiger partial charge < -0.3 is 14.6 Å². The van der Waals surface area contributed by atoms with E-state index in [0.717, 1.165) is 0 Å². The average molecular weight is 158 g/mol. The number of rotatable bonds is 2. The Hall–Kier alpha value is -0.380. The zero-order valence-corrected chi connectivity index (χ0v) is 6.86. The van der Waals surface area contributed by atoms with Crippen molar-refractivity contribution in [1.82, 2.24) is 0 Å². The van der Waals surface area contributed by atoms with Gasteiger partial charge >= 0.3 is 0 Å². The zero-order chi connectivity index (χ0) is 8.27. The molecule has 3 heteroatoms. The summed E-state index contributed by atoms with van der Waals surface area (Å²) in [7, 11) is 1.61. The Kier molecular flexibility index (Phi) is 3.05. The van der Waals surface area contributed by atoms with E-state index in [-0.39, 0.29) is 24.9 Å². The van der Waals surface area contributed by atoms with Gasteiger partial charge in [0.15, 0.2) is 6.29 Å². The van der Waals surface area contributed by atoms with Crippen molar-refractivity contribution in [2.75, 3.05) is 13.7 Å². The van der Waals surface area contributed by atoms with E-state index in [9.17, 15) is 0 Å². The Morgan fingerprint density at radius 1 is 1.55 bits per heavy atom. The van der Waals surface area contributed by atoms with Crippen LogP contribution in [-0.4, -0.2) is 31.2 Å². The molecule has 0 amide bonds. The fourth-order valence-electron chi connectivity index (χ4n) is 1.11. The lowest BCUT2D eigenvalue weighted by molar-refractivity contribution is -0.175. The molecule has 11 heavy (non-hydrogen) atoms. The molecule has 1 aliphatic rings.